The van der Waals surface area contributed by atoms with Crippen molar-refractivity contribution >= 4 is 11.6 Å². The monoisotopic (exact) mass is 216 g/mol. The quantitative estimate of drug-likeness (QED) is 0.665. The van der Waals surface area contributed by atoms with Crippen molar-refractivity contribution in [3.8, 4) is 0 Å². The predicted molar refractivity (Wildman–Crippen MR) is 53.0 cm³/mol. The van der Waals surface area contributed by atoms with Crippen LogP contribution >= 0.6 is 11.6 Å². The maximum Gasteiger partial charge on any atom is 0.249 e. The SMILES string of the molecule is CC1(c2ccc(Cl)cc2)CC(F)(F)C1. The number of hydrogen-bond donors (Lipinski definition) is 0. The van der Waals surface area contributed by atoms with E-state index in [0.717, 1.165) is 5.56 Å². The minimum absolute atomic E-state index is 0.0539. The van der Waals surface area contributed by atoms with Gasteiger partial charge in [-0.3, -0.25) is 0 Å². The fraction of sp³-hybridized carbons (Fsp3) is 0.455. The lowest BCUT2D eigenvalue weighted by Gasteiger charge is -2.45. The molecule has 0 aliphatic heterocycles. The Balaban J connectivity index is 2.21. The van der Waals surface area contributed by atoms with Crippen LogP contribution in [-0.2, 0) is 5.41 Å². The van der Waals surface area contributed by atoms with Crippen molar-refractivity contribution in [2.75, 3.05) is 0 Å². The third-order valence-corrected chi connectivity index (χ3v) is 3.09. The predicted octanol–water partition coefficient (Wildman–Crippen LogP) is 4.03. The molecule has 14 heavy (non-hydrogen) atoms. The lowest BCUT2D eigenvalue weighted by molar-refractivity contribution is -0.120. The van der Waals surface area contributed by atoms with E-state index in [4.69, 9.17) is 11.6 Å². The molecule has 1 aromatic carbocycles. The molecule has 0 nitrogen and oxygen atoms in total. The van der Waals surface area contributed by atoms with Crippen molar-refractivity contribution in [2.45, 2.75) is 31.1 Å². The van der Waals surface area contributed by atoms with Crippen molar-refractivity contribution in [2.24, 2.45) is 0 Å². The highest BCUT2D eigenvalue weighted by atomic mass is 35.5. The minimum Gasteiger partial charge on any atom is -0.207 e. The zero-order valence-corrected chi connectivity index (χ0v) is 8.61. The highest BCUT2D eigenvalue weighted by Crippen LogP contribution is 2.53. The third-order valence-electron chi connectivity index (χ3n) is 2.84. The molecular weight excluding hydrogens is 206 g/mol. The van der Waals surface area contributed by atoms with Crippen molar-refractivity contribution in [3.63, 3.8) is 0 Å². The summed E-state index contributed by atoms with van der Waals surface area (Å²) >= 11 is 5.73. The normalized spacial score (nSPS) is 22.9. The zero-order valence-electron chi connectivity index (χ0n) is 7.86. The molecule has 0 bridgehead atoms. The molecule has 0 heterocycles. The molecule has 2 rings (SSSR count). The van der Waals surface area contributed by atoms with Crippen molar-refractivity contribution in [1.29, 1.82) is 0 Å². The van der Waals surface area contributed by atoms with Crippen molar-refractivity contribution in [1.82, 2.24) is 0 Å². The van der Waals surface area contributed by atoms with E-state index in [9.17, 15) is 8.78 Å². The zero-order chi connectivity index (χ0) is 10.4. The van der Waals surface area contributed by atoms with E-state index in [1.807, 2.05) is 19.1 Å². The molecule has 1 aliphatic rings. The topological polar surface area (TPSA) is 0 Å². The molecule has 0 atom stereocenters. The van der Waals surface area contributed by atoms with Gasteiger partial charge in [0.25, 0.3) is 0 Å². The first kappa shape index (κ1) is 9.91. The lowest BCUT2D eigenvalue weighted by Crippen LogP contribution is -2.47. The van der Waals surface area contributed by atoms with Gasteiger partial charge in [0, 0.05) is 23.3 Å². The number of rotatable bonds is 1. The molecule has 1 aliphatic carbocycles. The van der Waals surface area contributed by atoms with Crippen LogP contribution in [0.5, 0.6) is 0 Å². The van der Waals surface area contributed by atoms with Gasteiger partial charge < -0.3 is 0 Å². The highest BCUT2D eigenvalue weighted by Gasteiger charge is 2.54. The van der Waals surface area contributed by atoms with E-state index in [1.165, 1.54) is 0 Å². The van der Waals surface area contributed by atoms with Crippen LogP contribution in [0.25, 0.3) is 0 Å². The van der Waals surface area contributed by atoms with E-state index in [0.29, 0.717) is 5.02 Å². The minimum atomic E-state index is -2.48. The van der Waals surface area contributed by atoms with E-state index in [-0.39, 0.29) is 18.3 Å². The number of benzene rings is 1. The van der Waals surface area contributed by atoms with Crippen LogP contribution < -0.4 is 0 Å². The molecule has 1 fully saturated rings. The second kappa shape index (κ2) is 2.93. The largest absolute Gasteiger partial charge is 0.249 e. The fourth-order valence-electron chi connectivity index (χ4n) is 2.15. The van der Waals surface area contributed by atoms with E-state index < -0.39 is 5.92 Å². The van der Waals surface area contributed by atoms with Crippen molar-refractivity contribution in [3.05, 3.63) is 34.9 Å². The molecule has 0 spiro atoms. The summed E-state index contributed by atoms with van der Waals surface area (Å²) in [7, 11) is 0. The van der Waals surface area contributed by atoms with Gasteiger partial charge in [0.1, 0.15) is 0 Å². The van der Waals surface area contributed by atoms with Gasteiger partial charge in [-0.15, -0.1) is 0 Å². The summed E-state index contributed by atoms with van der Waals surface area (Å²) in [6.07, 6.45) is -0.108. The second-order valence-corrected chi connectivity index (χ2v) is 4.71. The molecule has 0 amide bonds. The van der Waals surface area contributed by atoms with Gasteiger partial charge in [-0.05, 0) is 17.7 Å². The summed E-state index contributed by atoms with van der Waals surface area (Å²) in [5.74, 6) is -2.48. The van der Waals surface area contributed by atoms with Crippen LogP contribution in [-0.4, -0.2) is 5.92 Å². The summed E-state index contributed by atoms with van der Waals surface area (Å²) in [6.45, 7) is 1.87. The molecule has 1 saturated carbocycles. The van der Waals surface area contributed by atoms with Crippen LogP contribution in [0.3, 0.4) is 0 Å². The Morgan fingerprint density at radius 3 is 2.07 bits per heavy atom. The second-order valence-electron chi connectivity index (χ2n) is 4.28. The first-order chi connectivity index (χ1) is 6.41. The molecule has 0 N–H and O–H groups in total. The standard InChI is InChI=1S/C11H11ClF2/c1-10(6-11(13,14)7-10)8-2-4-9(12)5-3-8/h2-5H,6-7H2,1H3. The molecular formula is C11H11ClF2. The Morgan fingerprint density at radius 2 is 1.64 bits per heavy atom. The van der Waals surface area contributed by atoms with Crippen LogP contribution in [0.15, 0.2) is 24.3 Å². The molecule has 0 saturated heterocycles. The molecule has 3 heteroatoms. The lowest BCUT2D eigenvalue weighted by atomic mass is 9.63. The van der Waals surface area contributed by atoms with Gasteiger partial charge >= 0.3 is 0 Å². The Kier molecular flexibility index (Phi) is 2.07. The Bertz CT molecular complexity index is 335. The van der Waals surface area contributed by atoms with Gasteiger partial charge in [-0.2, -0.15) is 0 Å². The van der Waals surface area contributed by atoms with Crippen LogP contribution in [0.4, 0.5) is 8.78 Å². The average molecular weight is 217 g/mol. The number of hydrogen-bond acceptors (Lipinski definition) is 0. The average Bonchev–Trinajstić information content (AvgIpc) is 2.01. The fourth-order valence-corrected chi connectivity index (χ4v) is 2.27. The van der Waals surface area contributed by atoms with Crippen LogP contribution in [0.2, 0.25) is 5.02 Å². The van der Waals surface area contributed by atoms with Crippen molar-refractivity contribution < 1.29 is 8.78 Å². The molecule has 0 aromatic heterocycles. The summed E-state index contributed by atoms with van der Waals surface area (Å²) in [5, 5.41) is 0.642. The van der Waals surface area contributed by atoms with Gasteiger partial charge in [0.15, 0.2) is 0 Å². The smallest absolute Gasteiger partial charge is 0.207 e. The number of halogens is 3. The number of alkyl halides is 2. The molecule has 1 aromatic rings. The molecule has 0 unspecified atom stereocenters. The van der Waals surface area contributed by atoms with Gasteiger partial charge in [-0.1, -0.05) is 30.7 Å². The Morgan fingerprint density at radius 1 is 1.14 bits per heavy atom. The van der Waals surface area contributed by atoms with E-state index >= 15 is 0 Å². The highest BCUT2D eigenvalue weighted by molar-refractivity contribution is 6.30. The summed E-state index contributed by atoms with van der Waals surface area (Å²) < 4.78 is 25.5. The Hall–Kier alpha value is -0.630. The van der Waals surface area contributed by atoms with Gasteiger partial charge in [-0.25, -0.2) is 8.78 Å². The summed E-state index contributed by atoms with van der Waals surface area (Å²) in [6, 6.07) is 7.16. The van der Waals surface area contributed by atoms with Gasteiger partial charge in [0.05, 0.1) is 0 Å². The van der Waals surface area contributed by atoms with Crippen LogP contribution in [0.1, 0.15) is 25.3 Å². The molecule has 0 radical (unpaired) electrons. The maximum absolute atomic E-state index is 12.8. The summed E-state index contributed by atoms with van der Waals surface area (Å²) in [4.78, 5) is 0. The first-order valence-corrected chi connectivity index (χ1v) is 4.93. The Labute approximate surface area is 86.9 Å². The van der Waals surface area contributed by atoms with Crippen LogP contribution in [0, 0.1) is 0 Å². The van der Waals surface area contributed by atoms with E-state index in [1.54, 1.807) is 12.1 Å². The maximum atomic E-state index is 12.8. The van der Waals surface area contributed by atoms with Gasteiger partial charge in [0.2, 0.25) is 5.92 Å². The van der Waals surface area contributed by atoms with E-state index in [2.05, 4.69) is 0 Å². The molecule has 76 valence electrons. The third kappa shape index (κ3) is 1.63. The summed E-state index contributed by atoms with van der Waals surface area (Å²) in [5.41, 5.74) is 0.585. The first-order valence-electron chi connectivity index (χ1n) is 4.55.